The highest BCUT2D eigenvalue weighted by Crippen LogP contribution is 2.29. The van der Waals surface area contributed by atoms with E-state index in [4.69, 9.17) is 9.42 Å². The van der Waals surface area contributed by atoms with Crippen LogP contribution in [0.15, 0.2) is 12.3 Å². The first kappa shape index (κ1) is 16.0. The van der Waals surface area contributed by atoms with Gasteiger partial charge in [-0.25, -0.2) is 9.97 Å². The fourth-order valence-electron chi connectivity index (χ4n) is 2.62. The smallest absolute Gasteiger partial charge is 0.152 e. The third-order valence-electron chi connectivity index (χ3n) is 3.80. The maximum Gasteiger partial charge on any atom is 0.152 e. The Kier molecular flexibility index (Phi) is 6.49. The van der Waals surface area contributed by atoms with Crippen molar-refractivity contribution >= 4 is 27.5 Å². The Bertz CT molecular complexity index is 416. The van der Waals surface area contributed by atoms with Gasteiger partial charge in [0.25, 0.3) is 0 Å². The highest BCUT2D eigenvalue weighted by atomic mass is 32.1. The molecule has 1 unspecified atom stereocenters. The van der Waals surface area contributed by atoms with Crippen molar-refractivity contribution in [3.8, 4) is 0 Å². The molecule has 112 valence electrons. The second-order valence-corrected chi connectivity index (χ2v) is 5.92. The molecular weight excluding hydrogens is 293 g/mol. The number of aryl methyl sites for hydroxylation is 1. The first-order chi connectivity index (χ1) is 9.74. The molecule has 0 radical (unpaired) electrons. The van der Waals surface area contributed by atoms with Gasteiger partial charge in [-0.05, 0) is 37.5 Å². The van der Waals surface area contributed by atoms with E-state index in [2.05, 4.69) is 34.5 Å². The zero-order valence-electron chi connectivity index (χ0n) is 11.7. The van der Waals surface area contributed by atoms with Crippen LogP contribution in [-0.4, -0.2) is 39.8 Å². The van der Waals surface area contributed by atoms with Crippen LogP contribution in [0.25, 0.3) is 0 Å². The standard InChI is InChI=1S/C13H22N3O2PS/c1-16(10-2-4-11(5-3-10)18-19-17)13-6-8-14-12(15-13)7-9-20/h6,8,10-11,17,19-20H,2-5,7,9H2,1H3. The van der Waals surface area contributed by atoms with Crippen molar-refractivity contribution in [2.75, 3.05) is 17.7 Å². The summed E-state index contributed by atoms with van der Waals surface area (Å²) in [6.45, 7) is 0. The molecule has 1 aliphatic rings. The van der Waals surface area contributed by atoms with E-state index in [1.807, 2.05) is 12.3 Å². The van der Waals surface area contributed by atoms with Gasteiger partial charge < -0.3 is 14.3 Å². The van der Waals surface area contributed by atoms with Gasteiger partial charge >= 0.3 is 0 Å². The van der Waals surface area contributed by atoms with Gasteiger partial charge in [-0.1, -0.05) is 0 Å². The largest absolute Gasteiger partial charge is 0.357 e. The highest BCUT2D eigenvalue weighted by molar-refractivity contribution is 7.80. The predicted octanol–water partition coefficient (Wildman–Crippen LogP) is 2.21. The maximum absolute atomic E-state index is 8.82. The number of nitrogens with zero attached hydrogens (tertiary/aromatic N) is 3. The van der Waals surface area contributed by atoms with Crippen LogP contribution in [0.1, 0.15) is 31.5 Å². The monoisotopic (exact) mass is 315 g/mol. The quantitative estimate of drug-likeness (QED) is 0.623. The molecule has 7 heteroatoms. The molecule has 1 saturated carbocycles. The third-order valence-corrected chi connectivity index (χ3v) is 4.46. The summed E-state index contributed by atoms with van der Waals surface area (Å²) < 4.78 is 5.30. The van der Waals surface area contributed by atoms with Gasteiger partial charge in [0.05, 0.1) is 6.10 Å². The normalized spacial score (nSPS) is 23.4. The highest BCUT2D eigenvalue weighted by Gasteiger charge is 2.25. The molecule has 0 aromatic carbocycles. The summed E-state index contributed by atoms with van der Waals surface area (Å²) in [6, 6.07) is 2.44. The first-order valence-electron chi connectivity index (χ1n) is 6.95. The minimum absolute atomic E-state index is 0.216. The third kappa shape index (κ3) is 4.29. The average molecular weight is 315 g/mol. The zero-order chi connectivity index (χ0) is 14.4. The summed E-state index contributed by atoms with van der Waals surface area (Å²) in [7, 11) is 1.69. The van der Waals surface area contributed by atoms with E-state index in [-0.39, 0.29) is 6.10 Å². The molecule has 1 N–H and O–H groups in total. The lowest BCUT2D eigenvalue weighted by Crippen LogP contribution is -2.37. The first-order valence-corrected chi connectivity index (χ1v) is 8.43. The Morgan fingerprint density at radius 1 is 1.45 bits per heavy atom. The topological polar surface area (TPSA) is 58.5 Å². The van der Waals surface area contributed by atoms with Crippen LogP contribution in [0.5, 0.6) is 0 Å². The Morgan fingerprint density at radius 2 is 2.20 bits per heavy atom. The molecular formula is C13H22N3O2PS. The number of rotatable bonds is 6. The second-order valence-electron chi connectivity index (χ2n) is 5.06. The SMILES string of the molecule is CN(c1ccnc(CCS)n1)C1CCC(OPO)CC1. The summed E-state index contributed by atoms with van der Waals surface area (Å²) in [5, 5.41) is 0. The maximum atomic E-state index is 8.82. The fraction of sp³-hybridized carbons (Fsp3) is 0.692. The van der Waals surface area contributed by atoms with Crippen molar-refractivity contribution < 1.29 is 9.42 Å². The molecule has 0 saturated heterocycles. The van der Waals surface area contributed by atoms with Crippen LogP contribution >= 0.6 is 21.7 Å². The van der Waals surface area contributed by atoms with Crippen molar-refractivity contribution in [1.29, 1.82) is 0 Å². The van der Waals surface area contributed by atoms with Crippen LogP contribution in [-0.2, 0) is 10.9 Å². The number of aromatic nitrogens is 2. The average Bonchev–Trinajstić information content (AvgIpc) is 2.48. The van der Waals surface area contributed by atoms with E-state index in [0.29, 0.717) is 6.04 Å². The summed E-state index contributed by atoms with van der Waals surface area (Å²) in [4.78, 5) is 19.9. The second kappa shape index (κ2) is 8.13. The Morgan fingerprint density at radius 3 is 2.85 bits per heavy atom. The zero-order valence-corrected chi connectivity index (χ0v) is 13.6. The van der Waals surface area contributed by atoms with E-state index in [1.165, 1.54) is 0 Å². The summed E-state index contributed by atoms with van der Waals surface area (Å²) in [5.41, 5.74) is 0. The summed E-state index contributed by atoms with van der Waals surface area (Å²) in [5.74, 6) is 2.59. The minimum atomic E-state index is -0.395. The lowest BCUT2D eigenvalue weighted by Gasteiger charge is -2.34. The number of hydrogen-bond donors (Lipinski definition) is 2. The Balaban J connectivity index is 1.94. The van der Waals surface area contributed by atoms with Crippen molar-refractivity contribution in [2.45, 2.75) is 44.2 Å². The lowest BCUT2D eigenvalue weighted by molar-refractivity contribution is 0.155. The van der Waals surface area contributed by atoms with Crippen LogP contribution < -0.4 is 4.90 Å². The van der Waals surface area contributed by atoms with Crippen LogP contribution in [0.3, 0.4) is 0 Å². The Hall–Kier alpha value is -0.420. The van der Waals surface area contributed by atoms with E-state index in [9.17, 15) is 0 Å². The van der Waals surface area contributed by atoms with E-state index >= 15 is 0 Å². The molecule has 1 heterocycles. The molecule has 5 nitrogen and oxygen atoms in total. The molecule has 0 spiro atoms. The van der Waals surface area contributed by atoms with Crippen molar-refractivity contribution in [3.63, 3.8) is 0 Å². The molecule has 0 bridgehead atoms. The van der Waals surface area contributed by atoms with Crippen LogP contribution in [0.4, 0.5) is 5.82 Å². The molecule has 1 fully saturated rings. The van der Waals surface area contributed by atoms with Crippen LogP contribution in [0.2, 0.25) is 0 Å². The number of anilines is 1. The lowest BCUT2D eigenvalue weighted by atomic mass is 9.92. The van der Waals surface area contributed by atoms with Gasteiger partial charge in [0.1, 0.15) is 11.6 Å². The van der Waals surface area contributed by atoms with Crippen LogP contribution in [0, 0.1) is 0 Å². The summed E-state index contributed by atoms with van der Waals surface area (Å²) >= 11 is 4.22. The van der Waals surface area contributed by atoms with E-state index in [0.717, 1.165) is 49.5 Å². The molecule has 1 aromatic rings. The number of thiol groups is 1. The van der Waals surface area contributed by atoms with Gasteiger partial charge in [-0.15, -0.1) is 0 Å². The predicted molar refractivity (Wildman–Crippen MR) is 85.7 cm³/mol. The fourth-order valence-corrected chi connectivity index (χ4v) is 3.20. The molecule has 1 atom stereocenters. The van der Waals surface area contributed by atoms with Gasteiger partial charge in [0.2, 0.25) is 0 Å². The number of hydrogen-bond acceptors (Lipinski definition) is 6. The van der Waals surface area contributed by atoms with E-state index < -0.39 is 9.03 Å². The van der Waals surface area contributed by atoms with Gasteiger partial charge in [-0.3, -0.25) is 0 Å². The van der Waals surface area contributed by atoms with Gasteiger partial charge in [0.15, 0.2) is 9.03 Å². The van der Waals surface area contributed by atoms with E-state index in [1.54, 1.807) is 0 Å². The molecule has 1 aromatic heterocycles. The van der Waals surface area contributed by atoms with Crippen molar-refractivity contribution in [2.24, 2.45) is 0 Å². The molecule has 2 rings (SSSR count). The summed E-state index contributed by atoms with van der Waals surface area (Å²) in [6.07, 6.45) is 6.96. The molecule has 0 aliphatic heterocycles. The molecule has 20 heavy (non-hydrogen) atoms. The molecule has 1 aliphatic carbocycles. The van der Waals surface area contributed by atoms with Gasteiger partial charge in [0, 0.05) is 25.7 Å². The van der Waals surface area contributed by atoms with Gasteiger partial charge in [-0.2, -0.15) is 12.6 Å². The molecule has 0 amide bonds. The van der Waals surface area contributed by atoms with Crippen molar-refractivity contribution in [3.05, 3.63) is 18.1 Å². The Labute approximate surface area is 127 Å². The van der Waals surface area contributed by atoms with Crippen molar-refractivity contribution in [1.82, 2.24) is 9.97 Å². The minimum Gasteiger partial charge on any atom is -0.357 e.